The third kappa shape index (κ3) is 7.27. The fourth-order valence-corrected chi connectivity index (χ4v) is 2.94. The van der Waals surface area contributed by atoms with Gasteiger partial charge in [-0.1, -0.05) is 29.3 Å². The number of benzene rings is 2. The summed E-state index contributed by atoms with van der Waals surface area (Å²) in [6.07, 6.45) is -0.0642. The Morgan fingerprint density at radius 3 is 2.43 bits per heavy atom. The first-order valence-corrected chi connectivity index (χ1v) is 10.3. The Morgan fingerprint density at radius 2 is 1.80 bits per heavy atom. The largest absolute Gasteiger partial charge is 0.493 e. The normalized spacial score (nSPS) is 11.8. The van der Waals surface area contributed by atoms with E-state index in [0.29, 0.717) is 40.3 Å². The van der Waals surface area contributed by atoms with E-state index in [0.717, 1.165) is 5.56 Å². The van der Waals surface area contributed by atoms with Crippen molar-refractivity contribution in [2.75, 3.05) is 27.4 Å². The second-order valence-corrected chi connectivity index (χ2v) is 7.62. The Labute approximate surface area is 187 Å². The van der Waals surface area contributed by atoms with Crippen molar-refractivity contribution in [2.45, 2.75) is 32.5 Å². The van der Waals surface area contributed by atoms with Crippen molar-refractivity contribution in [3.8, 4) is 17.2 Å². The van der Waals surface area contributed by atoms with E-state index in [9.17, 15) is 4.79 Å². The van der Waals surface area contributed by atoms with E-state index in [4.69, 9.17) is 42.1 Å². The molecule has 2 aromatic rings. The van der Waals surface area contributed by atoms with E-state index in [-0.39, 0.29) is 18.6 Å². The molecular formula is C22H27Cl2NO5. The lowest BCUT2D eigenvalue weighted by Crippen LogP contribution is -2.40. The molecule has 1 amide bonds. The van der Waals surface area contributed by atoms with Crippen molar-refractivity contribution in [3.63, 3.8) is 0 Å². The fraction of sp³-hybridized carbons (Fsp3) is 0.409. The predicted molar refractivity (Wildman–Crippen MR) is 118 cm³/mol. The van der Waals surface area contributed by atoms with Crippen molar-refractivity contribution in [2.24, 2.45) is 0 Å². The fourth-order valence-electron chi connectivity index (χ4n) is 2.65. The number of methoxy groups -OCH3 is 2. The van der Waals surface area contributed by atoms with E-state index in [1.165, 1.54) is 7.11 Å². The van der Waals surface area contributed by atoms with E-state index >= 15 is 0 Å². The average molecular weight is 456 g/mol. The van der Waals surface area contributed by atoms with Crippen LogP contribution in [0.3, 0.4) is 0 Å². The van der Waals surface area contributed by atoms with Gasteiger partial charge in [0, 0.05) is 19.7 Å². The van der Waals surface area contributed by atoms with Crippen LogP contribution in [0.2, 0.25) is 10.0 Å². The summed E-state index contributed by atoms with van der Waals surface area (Å²) in [4.78, 5) is 12.4. The van der Waals surface area contributed by atoms with E-state index in [1.54, 1.807) is 25.3 Å². The molecule has 0 saturated heterocycles. The average Bonchev–Trinajstić information content (AvgIpc) is 2.71. The van der Waals surface area contributed by atoms with Crippen LogP contribution in [0.1, 0.15) is 19.4 Å². The van der Waals surface area contributed by atoms with Crippen LogP contribution >= 0.6 is 23.2 Å². The number of carbonyl (C=O) groups excluding carboxylic acids is 1. The molecule has 0 aromatic heterocycles. The van der Waals surface area contributed by atoms with Crippen LogP contribution in [0.25, 0.3) is 0 Å². The molecule has 1 unspecified atom stereocenters. The Kier molecular flexibility index (Phi) is 9.56. The number of ether oxygens (including phenoxy) is 4. The van der Waals surface area contributed by atoms with Crippen molar-refractivity contribution >= 4 is 29.1 Å². The molecule has 2 rings (SSSR count). The minimum atomic E-state index is -0.754. The van der Waals surface area contributed by atoms with E-state index in [1.807, 2.05) is 32.0 Å². The van der Waals surface area contributed by atoms with Crippen molar-refractivity contribution < 1.29 is 23.7 Å². The maximum atomic E-state index is 12.4. The molecule has 0 bridgehead atoms. The maximum absolute atomic E-state index is 12.4. The third-order valence-electron chi connectivity index (χ3n) is 4.17. The highest BCUT2D eigenvalue weighted by Gasteiger charge is 2.18. The van der Waals surface area contributed by atoms with E-state index in [2.05, 4.69) is 5.32 Å². The minimum Gasteiger partial charge on any atom is -0.493 e. The number of hydrogen-bond donors (Lipinski definition) is 1. The van der Waals surface area contributed by atoms with Gasteiger partial charge in [-0.3, -0.25) is 4.79 Å². The number of nitrogens with one attached hydrogen (secondary N) is 1. The lowest BCUT2D eigenvalue weighted by Gasteiger charge is -2.17. The summed E-state index contributed by atoms with van der Waals surface area (Å²) in [5, 5.41) is 3.68. The summed E-state index contributed by atoms with van der Waals surface area (Å²) in [5.74, 6) is 1.61. The molecule has 0 aliphatic heterocycles. The molecule has 2 aromatic carbocycles. The van der Waals surface area contributed by atoms with Crippen LogP contribution in [-0.2, 0) is 16.0 Å². The molecule has 1 atom stereocenters. The summed E-state index contributed by atoms with van der Waals surface area (Å²) < 4.78 is 22.0. The standard InChI is InChI=1S/C22H27Cl2NO5/c1-14(2)30-19-8-5-15(11-20(19)27-3)9-10-25-22(26)21(28-4)13-29-16-6-7-17(23)18(24)12-16/h5-8,11-12,14,21H,9-10,13H2,1-4H3,(H,25,26). The molecule has 0 saturated carbocycles. The highest BCUT2D eigenvalue weighted by atomic mass is 35.5. The van der Waals surface area contributed by atoms with Crippen molar-refractivity contribution in [1.82, 2.24) is 5.32 Å². The minimum absolute atomic E-state index is 0.0509. The molecule has 0 aliphatic rings. The number of rotatable bonds is 11. The van der Waals surface area contributed by atoms with Gasteiger partial charge in [-0.25, -0.2) is 0 Å². The molecule has 0 radical (unpaired) electrons. The summed E-state index contributed by atoms with van der Waals surface area (Å²) in [6.45, 7) is 4.41. The third-order valence-corrected chi connectivity index (χ3v) is 4.91. The first-order chi connectivity index (χ1) is 14.3. The molecule has 8 heteroatoms. The van der Waals surface area contributed by atoms with Crippen LogP contribution in [0.4, 0.5) is 0 Å². The molecule has 1 N–H and O–H groups in total. The van der Waals surface area contributed by atoms with Gasteiger partial charge >= 0.3 is 0 Å². The Morgan fingerprint density at radius 1 is 1.03 bits per heavy atom. The smallest absolute Gasteiger partial charge is 0.252 e. The molecule has 164 valence electrons. The molecule has 0 aliphatic carbocycles. The molecule has 6 nitrogen and oxygen atoms in total. The SMILES string of the molecule is COc1cc(CCNC(=O)C(COc2ccc(Cl)c(Cl)c2)OC)ccc1OC(C)C. The first kappa shape index (κ1) is 24.1. The molecule has 30 heavy (non-hydrogen) atoms. The number of carbonyl (C=O) groups is 1. The maximum Gasteiger partial charge on any atom is 0.252 e. The zero-order valence-corrected chi connectivity index (χ0v) is 19.0. The van der Waals surface area contributed by atoms with Crippen molar-refractivity contribution in [1.29, 1.82) is 0 Å². The van der Waals surface area contributed by atoms with E-state index < -0.39 is 6.10 Å². The van der Waals surface area contributed by atoms with Gasteiger partial charge in [0.1, 0.15) is 12.4 Å². The number of amides is 1. The van der Waals surface area contributed by atoms with Gasteiger partial charge in [0.15, 0.2) is 17.6 Å². The molecular weight excluding hydrogens is 429 g/mol. The lowest BCUT2D eigenvalue weighted by atomic mass is 10.1. The monoisotopic (exact) mass is 455 g/mol. The van der Waals surface area contributed by atoms with Gasteiger partial charge in [-0.15, -0.1) is 0 Å². The van der Waals surface area contributed by atoms with Crippen molar-refractivity contribution in [3.05, 3.63) is 52.0 Å². The number of hydrogen-bond acceptors (Lipinski definition) is 5. The Hall–Kier alpha value is -2.15. The van der Waals surface area contributed by atoms with Gasteiger partial charge < -0.3 is 24.3 Å². The van der Waals surface area contributed by atoms with Gasteiger partial charge in [0.25, 0.3) is 5.91 Å². The van der Waals surface area contributed by atoms with Crippen LogP contribution in [-0.4, -0.2) is 45.5 Å². The van der Waals surface area contributed by atoms with Crippen LogP contribution < -0.4 is 19.5 Å². The molecule has 0 heterocycles. The summed E-state index contributed by atoms with van der Waals surface area (Å²) in [7, 11) is 3.06. The van der Waals surface area contributed by atoms with Crippen LogP contribution in [0.15, 0.2) is 36.4 Å². The van der Waals surface area contributed by atoms with Gasteiger partial charge in [0.2, 0.25) is 0 Å². The Balaban J connectivity index is 1.85. The zero-order chi connectivity index (χ0) is 22.1. The van der Waals surface area contributed by atoms with Crippen LogP contribution in [0, 0.1) is 0 Å². The first-order valence-electron chi connectivity index (χ1n) is 9.56. The van der Waals surface area contributed by atoms with Crippen LogP contribution in [0.5, 0.6) is 17.2 Å². The molecule has 0 fully saturated rings. The second-order valence-electron chi connectivity index (χ2n) is 6.80. The zero-order valence-electron chi connectivity index (χ0n) is 17.5. The number of halogens is 2. The quantitative estimate of drug-likeness (QED) is 0.538. The summed E-state index contributed by atoms with van der Waals surface area (Å²) in [5.41, 5.74) is 1.02. The lowest BCUT2D eigenvalue weighted by molar-refractivity contribution is -0.132. The highest BCUT2D eigenvalue weighted by Crippen LogP contribution is 2.29. The summed E-state index contributed by atoms with van der Waals surface area (Å²) >= 11 is 11.9. The van der Waals surface area contributed by atoms with Gasteiger partial charge in [-0.05, 0) is 50.1 Å². The van der Waals surface area contributed by atoms with Gasteiger partial charge in [0.05, 0.1) is 23.3 Å². The second kappa shape index (κ2) is 11.9. The topological polar surface area (TPSA) is 66.0 Å². The predicted octanol–water partition coefficient (Wildman–Crippen LogP) is 4.54. The Bertz CT molecular complexity index is 844. The summed E-state index contributed by atoms with van der Waals surface area (Å²) in [6, 6.07) is 10.6. The highest BCUT2D eigenvalue weighted by molar-refractivity contribution is 6.42. The molecule has 0 spiro atoms. The van der Waals surface area contributed by atoms with Gasteiger partial charge in [-0.2, -0.15) is 0 Å².